The van der Waals surface area contributed by atoms with E-state index in [0.29, 0.717) is 17.9 Å². The first-order chi connectivity index (χ1) is 9.45. The molecule has 106 valence electrons. The number of nitrogens with two attached hydrogens (primary N) is 1. The van der Waals surface area contributed by atoms with Crippen LogP contribution in [0.25, 0.3) is 0 Å². The van der Waals surface area contributed by atoms with E-state index in [4.69, 9.17) is 5.73 Å². The monoisotopic (exact) mass is 291 g/mol. The molecular formula is C14H17N3O2S. The topological polar surface area (TPSA) is 76.3 Å². The molecule has 0 radical (unpaired) electrons. The van der Waals surface area contributed by atoms with Crippen molar-refractivity contribution in [1.82, 2.24) is 4.98 Å². The van der Waals surface area contributed by atoms with Gasteiger partial charge in [0.2, 0.25) is 0 Å². The minimum absolute atomic E-state index is 0.0980. The molecule has 1 aromatic heterocycles. The van der Waals surface area contributed by atoms with Gasteiger partial charge in [-0.15, -0.1) is 0 Å². The zero-order valence-corrected chi connectivity index (χ0v) is 12.3. The van der Waals surface area contributed by atoms with Gasteiger partial charge in [-0.05, 0) is 37.6 Å². The Bertz CT molecular complexity index is 714. The van der Waals surface area contributed by atoms with Crippen LogP contribution in [0.1, 0.15) is 12.5 Å². The van der Waals surface area contributed by atoms with Gasteiger partial charge in [-0.2, -0.15) is 0 Å². The molecule has 6 heteroatoms. The van der Waals surface area contributed by atoms with E-state index in [2.05, 4.69) is 4.98 Å². The zero-order valence-electron chi connectivity index (χ0n) is 11.4. The molecule has 0 spiro atoms. The maximum absolute atomic E-state index is 12.7. The maximum Gasteiger partial charge on any atom is 0.265 e. The van der Waals surface area contributed by atoms with Crippen LogP contribution in [-0.4, -0.2) is 19.9 Å². The summed E-state index contributed by atoms with van der Waals surface area (Å²) in [5.41, 5.74) is 7.58. The molecule has 0 atom stereocenters. The minimum Gasteiger partial charge on any atom is -0.397 e. The van der Waals surface area contributed by atoms with Crippen LogP contribution in [-0.2, 0) is 10.0 Å². The quantitative estimate of drug-likeness (QED) is 0.936. The highest BCUT2D eigenvalue weighted by Crippen LogP contribution is 2.24. The van der Waals surface area contributed by atoms with Crippen LogP contribution in [0.2, 0.25) is 0 Å². The van der Waals surface area contributed by atoms with Crippen molar-refractivity contribution in [1.29, 1.82) is 0 Å². The van der Waals surface area contributed by atoms with Crippen molar-refractivity contribution >= 4 is 21.4 Å². The predicted octanol–water partition coefficient (Wildman–Crippen LogP) is 2.19. The van der Waals surface area contributed by atoms with Crippen molar-refractivity contribution in [2.24, 2.45) is 0 Å². The van der Waals surface area contributed by atoms with Gasteiger partial charge in [0.15, 0.2) is 0 Å². The van der Waals surface area contributed by atoms with Gasteiger partial charge in [0.05, 0.1) is 11.4 Å². The lowest BCUT2D eigenvalue weighted by molar-refractivity contribution is 0.591. The Kier molecular flexibility index (Phi) is 3.94. The number of aromatic nitrogens is 1. The van der Waals surface area contributed by atoms with Crippen LogP contribution in [0.3, 0.4) is 0 Å². The molecule has 0 bridgehead atoms. The zero-order chi connectivity index (χ0) is 14.8. The van der Waals surface area contributed by atoms with E-state index >= 15 is 0 Å². The second kappa shape index (κ2) is 5.50. The lowest BCUT2D eigenvalue weighted by atomic mass is 10.2. The van der Waals surface area contributed by atoms with Gasteiger partial charge in [0.1, 0.15) is 4.90 Å². The molecule has 0 amide bonds. The van der Waals surface area contributed by atoms with E-state index in [-0.39, 0.29) is 4.90 Å². The van der Waals surface area contributed by atoms with Crippen molar-refractivity contribution < 1.29 is 8.42 Å². The highest BCUT2D eigenvalue weighted by atomic mass is 32.2. The Hall–Kier alpha value is -2.08. The Morgan fingerprint density at radius 1 is 1.25 bits per heavy atom. The van der Waals surface area contributed by atoms with E-state index in [1.807, 2.05) is 25.1 Å². The van der Waals surface area contributed by atoms with Crippen LogP contribution in [0.5, 0.6) is 0 Å². The summed E-state index contributed by atoms with van der Waals surface area (Å²) in [6.07, 6.45) is 2.73. The van der Waals surface area contributed by atoms with E-state index in [0.717, 1.165) is 5.56 Å². The molecule has 0 fully saturated rings. The molecule has 0 aliphatic carbocycles. The Morgan fingerprint density at radius 2 is 2.00 bits per heavy atom. The van der Waals surface area contributed by atoms with Gasteiger partial charge >= 0.3 is 0 Å². The van der Waals surface area contributed by atoms with E-state index in [1.54, 1.807) is 13.0 Å². The summed E-state index contributed by atoms with van der Waals surface area (Å²) in [6.45, 7) is 4.05. The third-order valence-corrected chi connectivity index (χ3v) is 4.77. The standard InChI is InChI=1S/C14H17N3O2S/c1-3-17(13-6-4-5-11(2)7-13)20(18,19)14-8-12(15)9-16-10-14/h4-10H,3,15H2,1-2H3. The van der Waals surface area contributed by atoms with Crippen molar-refractivity contribution in [2.45, 2.75) is 18.7 Å². The predicted molar refractivity (Wildman–Crippen MR) is 80.0 cm³/mol. The molecule has 20 heavy (non-hydrogen) atoms. The number of anilines is 2. The van der Waals surface area contributed by atoms with E-state index in [9.17, 15) is 8.42 Å². The fourth-order valence-corrected chi connectivity index (χ4v) is 3.44. The van der Waals surface area contributed by atoms with Crippen LogP contribution >= 0.6 is 0 Å². The van der Waals surface area contributed by atoms with Gasteiger partial charge in [-0.25, -0.2) is 8.42 Å². The second-order valence-electron chi connectivity index (χ2n) is 4.46. The average molecular weight is 291 g/mol. The smallest absolute Gasteiger partial charge is 0.265 e. The molecular weight excluding hydrogens is 274 g/mol. The maximum atomic E-state index is 12.7. The average Bonchev–Trinajstić information content (AvgIpc) is 2.39. The van der Waals surface area contributed by atoms with Crippen molar-refractivity contribution in [2.75, 3.05) is 16.6 Å². The molecule has 1 aromatic carbocycles. The Labute approximate surface area is 119 Å². The summed E-state index contributed by atoms with van der Waals surface area (Å²) in [5, 5.41) is 0. The molecule has 5 nitrogen and oxygen atoms in total. The molecule has 0 unspecified atom stereocenters. The number of sulfonamides is 1. The van der Waals surface area contributed by atoms with Gasteiger partial charge < -0.3 is 5.73 Å². The number of rotatable bonds is 4. The fourth-order valence-electron chi connectivity index (χ4n) is 1.98. The third kappa shape index (κ3) is 2.75. The molecule has 2 aromatic rings. The Balaban J connectivity index is 2.50. The first-order valence-electron chi connectivity index (χ1n) is 6.25. The minimum atomic E-state index is -3.65. The van der Waals surface area contributed by atoms with Crippen LogP contribution in [0, 0.1) is 6.92 Å². The summed E-state index contributed by atoms with van der Waals surface area (Å²) >= 11 is 0. The molecule has 0 aliphatic heterocycles. The molecule has 2 rings (SSSR count). The lowest BCUT2D eigenvalue weighted by Gasteiger charge is -2.23. The SMILES string of the molecule is CCN(c1cccc(C)c1)S(=O)(=O)c1cncc(N)c1. The first kappa shape index (κ1) is 14.3. The number of nitrogens with zero attached hydrogens (tertiary/aromatic N) is 2. The summed E-state index contributed by atoms with van der Waals surface area (Å²) in [4.78, 5) is 3.95. The summed E-state index contributed by atoms with van der Waals surface area (Å²) in [5.74, 6) is 0. The van der Waals surface area contributed by atoms with Crippen molar-refractivity contribution in [3.05, 3.63) is 48.3 Å². The van der Waals surface area contributed by atoms with Gasteiger partial charge in [-0.1, -0.05) is 12.1 Å². The number of aryl methyl sites for hydroxylation is 1. The molecule has 0 saturated heterocycles. The van der Waals surface area contributed by atoms with Crippen LogP contribution < -0.4 is 10.0 Å². The molecule has 0 saturated carbocycles. The number of nitrogen functional groups attached to an aromatic ring is 1. The fraction of sp³-hybridized carbons (Fsp3) is 0.214. The van der Waals surface area contributed by atoms with E-state index < -0.39 is 10.0 Å². The first-order valence-corrected chi connectivity index (χ1v) is 7.69. The third-order valence-electron chi connectivity index (χ3n) is 2.90. The van der Waals surface area contributed by atoms with Crippen LogP contribution in [0.4, 0.5) is 11.4 Å². The summed E-state index contributed by atoms with van der Waals surface area (Å²) in [6, 6.07) is 8.78. The van der Waals surface area contributed by atoms with Gasteiger partial charge in [0.25, 0.3) is 10.0 Å². The highest BCUT2D eigenvalue weighted by molar-refractivity contribution is 7.92. The molecule has 0 aliphatic rings. The number of hydrogen-bond acceptors (Lipinski definition) is 4. The van der Waals surface area contributed by atoms with Crippen molar-refractivity contribution in [3.8, 4) is 0 Å². The van der Waals surface area contributed by atoms with Crippen molar-refractivity contribution in [3.63, 3.8) is 0 Å². The number of benzene rings is 1. The number of pyridine rings is 1. The molecule has 1 heterocycles. The summed E-state index contributed by atoms with van der Waals surface area (Å²) in [7, 11) is -3.65. The normalized spacial score (nSPS) is 11.3. The lowest BCUT2D eigenvalue weighted by Crippen LogP contribution is -2.31. The van der Waals surface area contributed by atoms with E-state index in [1.165, 1.54) is 22.8 Å². The molecule has 2 N–H and O–H groups in total. The van der Waals surface area contributed by atoms with Gasteiger partial charge in [0, 0.05) is 18.9 Å². The van der Waals surface area contributed by atoms with Crippen LogP contribution in [0.15, 0.2) is 47.6 Å². The van der Waals surface area contributed by atoms with Gasteiger partial charge in [-0.3, -0.25) is 9.29 Å². The largest absolute Gasteiger partial charge is 0.397 e. The highest BCUT2D eigenvalue weighted by Gasteiger charge is 2.24. The Morgan fingerprint density at radius 3 is 2.60 bits per heavy atom. The number of hydrogen-bond donors (Lipinski definition) is 1. The second-order valence-corrected chi connectivity index (χ2v) is 6.33. The summed E-state index contributed by atoms with van der Waals surface area (Å²) < 4.78 is 26.7.